The van der Waals surface area contributed by atoms with E-state index in [-0.39, 0.29) is 17.8 Å². The summed E-state index contributed by atoms with van der Waals surface area (Å²) in [6, 6.07) is 8.81. The van der Waals surface area contributed by atoms with Crippen molar-refractivity contribution in [1.82, 2.24) is 4.57 Å². The Labute approximate surface area is 131 Å². The van der Waals surface area contributed by atoms with Crippen molar-refractivity contribution in [2.45, 2.75) is 39.7 Å². The van der Waals surface area contributed by atoms with Gasteiger partial charge in [0, 0.05) is 29.1 Å². The zero-order valence-corrected chi connectivity index (χ0v) is 13.5. The molecule has 2 rings (SSSR count). The highest BCUT2D eigenvalue weighted by Gasteiger charge is 2.22. The molecule has 2 nitrogen and oxygen atoms in total. The molecule has 0 bridgehead atoms. The minimum Gasteiger partial charge on any atom is -0.347 e. The highest BCUT2D eigenvalue weighted by molar-refractivity contribution is 5.88. The van der Waals surface area contributed by atoms with Crippen molar-refractivity contribution in [3.8, 4) is 17.2 Å². The Morgan fingerprint density at radius 1 is 1.18 bits per heavy atom. The van der Waals surface area contributed by atoms with Gasteiger partial charge >= 0.3 is 0 Å². The Kier molecular flexibility index (Phi) is 4.51. The molecule has 0 aliphatic carbocycles. The van der Waals surface area contributed by atoms with E-state index in [2.05, 4.69) is 44.9 Å². The second-order valence-corrected chi connectivity index (χ2v) is 6.06. The van der Waals surface area contributed by atoms with E-state index in [0.717, 1.165) is 22.4 Å². The van der Waals surface area contributed by atoms with Crippen LogP contribution < -0.4 is 0 Å². The van der Waals surface area contributed by atoms with E-state index in [1.807, 2.05) is 6.20 Å². The van der Waals surface area contributed by atoms with Crippen LogP contribution in [0.25, 0.3) is 16.7 Å². The number of aromatic nitrogens is 1. The third kappa shape index (κ3) is 2.82. The fourth-order valence-corrected chi connectivity index (χ4v) is 2.78. The summed E-state index contributed by atoms with van der Waals surface area (Å²) >= 11 is 0. The van der Waals surface area contributed by atoms with E-state index in [1.54, 1.807) is 12.1 Å². The average molecular weight is 296 g/mol. The second kappa shape index (κ2) is 6.19. The maximum Gasteiger partial charge on any atom is 0.123 e. The van der Waals surface area contributed by atoms with Crippen LogP contribution in [0, 0.1) is 17.1 Å². The summed E-state index contributed by atoms with van der Waals surface area (Å²) in [5, 5.41) is 9.34. The quantitative estimate of drug-likeness (QED) is 0.681. The fraction of sp³-hybridized carbons (Fsp3) is 0.316. The van der Waals surface area contributed by atoms with Crippen LogP contribution in [0.2, 0.25) is 0 Å². The summed E-state index contributed by atoms with van der Waals surface area (Å²) in [6.45, 7) is 12.4. The summed E-state index contributed by atoms with van der Waals surface area (Å²) < 4.78 is 15.4. The van der Waals surface area contributed by atoms with E-state index in [4.69, 9.17) is 0 Å². The molecular weight excluding hydrogens is 275 g/mol. The van der Waals surface area contributed by atoms with E-state index in [0.29, 0.717) is 5.57 Å². The largest absolute Gasteiger partial charge is 0.347 e. The molecule has 0 radical (unpaired) electrons. The molecule has 0 fully saturated rings. The summed E-state index contributed by atoms with van der Waals surface area (Å²) in [6.07, 6.45) is 2.05. The summed E-state index contributed by atoms with van der Waals surface area (Å²) in [5.74, 6) is -0.00603. The maximum absolute atomic E-state index is 13.2. The van der Waals surface area contributed by atoms with Crippen LogP contribution in [-0.4, -0.2) is 4.57 Å². The van der Waals surface area contributed by atoms with Crippen LogP contribution in [0.3, 0.4) is 0 Å². The smallest absolute Gasteiger partial charge is 0.123 e. The van der Waals surface area contributed by atoms with E-state index in [1.165, 1.54) is 12.1 Å². The lowest BCUT2D eigenvalue weighted by atomic mass is 9.94. The fourth-order valence-electron chi connectivity index (χ4n) is 2.78. The molecule has 0 N–H and O–H groups in total. The van der Waals surface area contributed by atoms with Crippen molar-refractivity contribution in [3.05, 3.63) is 54.1 Å². The van der Waals surface area contributed by atoms with Gasteiger partial charge in [-0.3, -0.25) is 0 Å². The van der Waals surface area contributed by atoms with Gasteiger partial charge in [-0.2, -0.15) is 5.26 Å². The number of hydrogen-bond donors (Lipinski definition) is 0. The van der Waals surface area contributed by atoms with E-state index in [9.17, 15) is 9.65 Å². The SMILES string of the molecule is C=C(C#N)c1c(-c2ccc(F)cc2)cn(C(C)C)c1C(C)C. The predicted molar refractivity (Wildman–Crippen MR) is 88.9 cm³/mol. The van der Waals surface area contributed by atoms with Crippen LogP contribution in [0.1, 0.15) is 50.9 Å². The lowest BCUT2D eigenvalue weighted by molar-refractivity contribution is 0.560. The van der Waals surface area contributed by atoms with Crippen LogP contribution in [0.5, 0.6) is 0 Å². The van der Waals surface area contributed by atoms with Gasteiger partial charge in [0.25, 0.3) is 0 Å². The molecule has 1 aromatic heterocycles. The Morgan fingerprint density at radius 3 is 2.23 bits per heavy atom. The van der Waals surface area contributed by atoms with Gasteiger partial charge in [-0.15, -0.1) is 0 Å². The van der Waals surface area contributed by atoms with Gasteiger partial charge in [-0.25, -0.2) is 4.39 Å². The molecule has 3 heteroatoms. The number of nitriles is 1. The Bertz CT molecular complexity index is 728. The molecule has 0 aliphatic heterocycles. The zero-order chi connectivity index (χ0) is 16.4. The van der Waals surface area contributed by atoms with Crippen molar-refractivity contribution in [2.75, 3.05) is 0 Å². The van der Waals surface area contributed by atoms with Gasteiger partial charge in [0.1, 0.15) is 5.82 Å². The first-order valence-corrected chi connectivity index (χ1v) is 7.46. The lowest BCUT2D eigenvalue weighted by Crippen LogP contribution is -2.07. The van der Waals surface area contributed by atoms with Crippen LogP contribution >= 0.6 is 0 Å². The number of benzene rings is 1. The van der Waals surface area contributed by atoms with Gasteiger partial charge in [-0.05, 0) is 37.5 Å². The lowest BCUT2D eigenvalue weighted by Gasteiger charge is -2.17. The maximum atomic E-state index is 13.2. The first-order valence-electron chi connectivity index (χ1n) is 7.46. The highest BCUT2D eigenvalue weighted by atomic mass is 19.1. The van der Waals surface area contributed by atoms with E-state index < -0.39 is 0 Å². The van der Waals surface area contributed by atoms with Gasteiger partial charge in [-0.1, -0.05) is 32.6 Å². The van der Waals surface area contributed by atoms with Crippen molar-refractivity contribution in [3.63, 3.8) is 0 Å². The van der Waals surface area contributed by atoms with Gasteiger partial charge < -0.3 is 4.57 Å². The molecule has 0 atom stereocenters. The molecule has 1 heterocycles. The molecule has 0 spiro atoms. The molecule has 114 valence electrons. The number of nitrogens with zero attached hydrogens (tertiary/aromatic N) is 2. The van der Waals surface area contributed by atoms with Gasteiger partial charge in [0.05, 0.1) is 11.6 Å². The minimum atomic E-state index is -0.267. The number of rotatable bonds is 4. The van der Waals surface area contributed by atoms with Crippen molar-refractivity contribution >= 4 is 5.57 Å². The topological polar surface area (TPSA) is 28.7 Å². The molecule has 1 aromatic carbocycles. The molecule has 0 saturated heterocycles. The minimum absolute atomic E-state index is 0.261. The first kappa shape index (κ1) is 16.0. The third-order valence-corrected chi connectivity index (χ3v) is 3.77. The molecular formula is C19H21FN2. The summed E-state index contributed by atoms with van der Waals surface area (Å²) in [4.78, 5) is 0. The Morgan fingerprint density at radius 2 is 1.77 bits per heavy atom. The van der Waals surface area contributed by atoms with Crippen LogP contribution in [0.4, 0.5) is 4.39 Å². The number of allylic oxidation sites excluding steroid dienone is 1. The molecule has 0 amide bonds. The number of hydrogen-bond acceptors (Lipinski definition) is 1. The monoisotopic (exact) mass is 296 g/mol. The molecule has 0 saturated carbocycles. The normalized spacial score (nSPS) is 11.0. The van der Waals surface area contributed by atoms with Crippen molar-refractivity contribution in [1.29, 1.82) is 5.26 Å². The predicted octanol–water partition coefficient (Wildman–Crippen LogP) is 5.54. The molecule has 2 aromatic rings. The second-order valence-electron chi connectivity index (χ2n) is 6.06. The zero-order valence-electron chi connectivity index (χ0n) is 13.5. The van der Waals surface area contributed by atoms with Crippen LogP contribution in [0.15, 0.2) is 37.0 Å². The molecule has 0 aliphatic rings. The third-order valence-electron chi connectivity index (χ3n) is 3.77. The first-order chi connectivity index (χ1) is 10.4. The van der Waals surface area contributed by atoms with Gasteiger partial charge in [0.2, 0.25) is 0 Å². The summed E-state index contributed by atoms with van der Waals surface area (Å²) in [7, 11) is 0. The van der Waals surface area contributed by atoms with Crippen molar-refractivity contribution in [2.24, 2.45) is 0 Å². The Hall–Kier alpha value is -2.34. The average Bonchev–Trinajstić information content (AvgIpc) is 2.88. The van der Waals surface area contributed by atoms with Crippen LogP contribution in [-0.2, 0) is 0 Å². The molecule has 0 unspecified atom stereocenters. The standard InChI is InChI=1S/C19H21FN2/c1-12(2)19-18(14(5)10-21)17(11-22(19)13(3)4)15-6-8-16(20)9-7-15/h6-9,11-13H,5H2,1-4H3. The molecule has 22 heavy (non-hydrogen) atoms. The van der Waals surface area contributed by atoms with Gasteiger partial charge in [0.15, 0.2) is 0 Å². The Balaban J connectivity index is 2.78. The summed E-state index contributed by atoms with van der Waals surface area (Å²) in [5.41, 5.74) is 4.25. The van der Waals surface area contributed by atoms with Crippen molar-refractivity contribution < 1.29 is 4.39 Å². The highest BCUT2D eigenvalue weighted by Crippen LogP contribution is 2.37. The number of halogens is 1. The van der Waals surface area contributed by atoms with E-state index >= 15 is 0 Å².